The standard InChI is InChI=1S/C11H19F3N2/c12-11(13,14)10(5-6-10)16-9-4-2-1-3-8(9)7-15/h8-9,16H,1-7,15H2. The van der Waals surface area contributed by atoms with E-state index in [1.807, 2.05) is 0 Å². The molecule has 2 rings (SSSR count). The van der Waals surface area contributed by atoms with Crippen LogP contribution >= 0.6 is 0 Å². The van der Waals surface area contributed by atoms with E-state index < -0.39 is 11.7 Å². The van der Waals surface area contributed by atoms with Crippen LogP contribution in [0.15, 0.2) is 0 Å². The summed E-state index contributed by atoms with van der Waals surface area (Å²) in [6.45, 7) is 0.492. The van der Waals surface area contributed by atoms with Gasteiger partial charge in [-0.2, -0.15) is 13.2 Å². The smallest absolute Gasteiger partial charge is 0.330 e. The summed E-state index contributed by atoms with van der Waals surface area (Å²) in [5.41, 5.74) is 4.04. The van der Waals surface area contributed by atoms with Crippen LogP contribution in [0.4, 0.5) is 13.2 Å². The van der Waals surface area contributed by atoms with Crippen molar-refractivity contribution >= 4 is 0 Å². The van der Waals surface area contributed by atoms with Crippen molar-refractivity contribution in [1.82, 2.24) is 5.32 Å². The number of halogens is 3. The minimum Gasteiger partial charge on any atom is -0.330 e. The number of alkyl halides is 3. The van der Waals surface area contributed by atoms with Gasteiger partial charge in [0, 0.05) is 6.04 Å². The lowest BCUT2D eigenvalue weighted by atomic mass is 9.84. The van der Waals surface area contributed by atoms with Crippen molar-refractivity contribution in [3.8, 4) is 0 Å². The highest BCUT2D eigenvalue weighted by atomic mass is 19.4. The number of rotatable bonds is 3. The molecule has 3 N–H and O–H groups in total. The lowest BCUT2D eigenvalue weighted by molar-refractivity contribution is -0.169. The lowest BCUT2D eigenvalue weighted by Crippen LogP contribution is -2.54. The van der Waals surface area contributed by atoms with Gasteiger partial charge in [-0.1, -0.05) is 12.8 Å². The molecule has 0 radical (unpaired) electrons. The molecule has 0 amide bonds. The van der Waals surface area contributed by atoms with Gasteiger partial charge in [-0.3, -0.25) is 0 Å². The van der Waals surface area contributed by atoms with Crippen LogP contribution in [0.1, 0.15) is 38.5 Å². The minimum atomic E-state index is -4.11. The van der Waals surface area contributed by atoms with Gasteiger partial charge < -0.3 is 11.1 Å². The lowest BCUT2D eigenvalue weighted by Gasteiger charge is -2.35. The van der Waals surface area contributed by atoms with Crippen molar-refractivity contribution in [1.29, 1.82) is 0 Å². The summed E-state index contributed by atoms with van der Waals surface area (Å²) in [5.74, 6) is 0.216. The zero-order valence-electron chi connectivity index (χ0n) is 9.32. The van der Waals surface area contributed by atoms with Crippen LogP contribution < -0.4 is 11.1 Å². The first-order valence-corrected chi connectivity index (χ1v) is 6.03. The fraction of sp³-hybridized carbons (Fsp3) is 1.00. The number of nitrogens with one attached hydrogen (secondary N) is 1. The van der Waals surface area contributed by atoms with Gasteiger partial charge in [0.25, 0.3) is 0 Å². The quantitative estimate of drug-likeness (QED) is 0.788. The van der Waals surface area contributed by atoms with Crippen LogP contribution in [-0.2, 0) is 0 Å². The molecule has 2 unspecified atom stereocenters. The van der Waals surface area contributed by atoms with Gasteiger partial charge in [0.1, 0.15) is 5.54 Å². The summed E-state index contributed by atoms with van der Waals surface area (Å²) in [7, 11) is 0. The van der Waals surface area contributed by atoms with E-state index in [0.29, 0.717) is 6.54 Å². The Morgan fingerprint density at radius 3 is 2.31 bits per heavy atom. The Kier molecular flexibility index (Phi) is 3.18. The molecule has 2 saturated carbocycles. The number of hydrogen-bond donors (Lipinski definition) is 2. The average Bonchev–Trinajstić information content (AvgIpc) is 2.99. The molecule has 0 aromatic rings. The Bertz CT molecular complexity index is 248. The predicted molar refractivity (Wildman–Crippen MR) is 56.0 cm³/mol. The van der Waals surface area contributed by atoms with Crippen molar-refractivity contribution in [3.63, 3.8) is 0 Å². The van der Waals surface area contributed by atoms with Crippen LogP contribution in [-0.4, -0.2) is 24.3 Å². The molecule has 0 aliphatic heterocycles. The first-order valence-electron chi connectivity index (χ1n) is 6.03. The molecule has 0 heterocycles. The first kappa shape index (κ1) is 12.2. The molecule has 2 fully saturated rings. The normalized spacial score (nSPS) is 33.8. The summed E-state index contributed by atoms with van der Waals surface area (Å²) >= 11 is 0. The maximum Gasteiger partial charge on any atom is 0.406 e. The van der Waals surface area contributed by atoms with Crippen molar-refractivity contribution in [3.05, 3.63) is 0 Å². The third-order valence-electron chi connectivity index (χ3n) is 3.97. The molecule has 0 aromatic carbocycles. The van der Waals surface area contributed by atoms with E-state index in [1.54, 1.807) is 0 Å². The van der Waals surface area contributed by atoms with Crippen molar-refractivity contribution < 1.29 is 13.2 Å². The third kappa shape index (κ3) is 2.20. The Morgan fingerprint density at radius 1 is 1.19 bits per heavy atom. The van der Waals surface area contributed by atoms with Crippen LogP contribution in [0, 0.1) is 5.92 Å². The highest BCUT2D eigenvalue weighted by Gasteiger charge is 2.64. The summed E-state index contributed by atoms with van der Waals surface area (Å²) in [5, 5.41) is 2.84. The Hall–Kier alpha value is -0.290. The molecular formula is C11H19F3N2. The summed E-state index contributed by atoms with van der Waals surface area (Å²) in [6, 6.07) is -0.0390. The molecule has 16 heavy (non-hydrogen) atoms. The number of hydrogen-bond acceptors (Lipinski definition) is 2. The minimum absolute atomic E-state index is 0.0390. The van der Waals surface area contributed by atoms with Crippen molar-refractivity contribution in [2.24, 2.45) is 11.7 Å². The van der Waals surface area contributed by atoms with Gasteiger partial charge in [-0.25, -0.2) is 0 Å². The largest absolute Gasteiger partial charge is 0.406 e. The molecule has 2 atom stereocenters. The second-order valence-corrected chi connectivity index (χ2v) is 5.11. The molecule has 0 saturated heterocycles. The molecule has 0 aromatic heterocycles. The molecular weight excluding hydrogens is 217 g/mol. The maximum absolute atomic E-state index is 12.8. The van der Waals surface area contributed by atoms with E-state index in [2.05, 4.69) is 5.32 Å². The molecule has 5 heteroatoms. The Balaban J connectivity index is 1.98. The van der Waals surface area contributed by atoms with Gasteiger partial charge in [0.2, 0.25) is 0 Å². The van der Waals surface area contributed by atoms with Crippen LogP contribution in [0.25, 0.3) is 0 Å². The second-order valence-electron chi connectivity index (χ2n) is 5.11. The highest BCUT2D eigenvalue weighted by Crippen LogP contribution is 2.50. The van der Waals surface area contributed by atoms with E-state index in [-0.39, 0.29) is 24.8 Å². The molecule has 2 nitrogen and oxygen atoms in total. The third-order valence-corrected chi connectivity index (χ3v) is 3.97. The number of nitrogens with two attached hydrogens (primary N) is 1. The zero-order valence-corrected chi connectivity index (χ0v) is 9.32. The Morgan fingerprint density at radius 2 is 1.81 bits per heavy atom. The molecule has 0 spiro atoms. The monoisotopic (exact) mass is 236 g/mol. The van der Waals surface area contributed by atoms with Gasteiger partial charge in [0.15, 0.2) is 0 Å². The fourth-order valence-corrected chi connectivity index (χ4v) is 2.67. The first-order chi connectivity index (χ1) is 7.48. The van der Waals surface area contributed by atoms with E-state index in [1.165, 1.54) is 0 Å². The predicted octanol–water partition coefficient (Wildman–Crippen LogP) is 2.19. The molecule has 2 aliphatic carbocycles. The Labute approximate surface area is 93.8 Å². The summed E-state index contributed by atoms with van der Waals surface area (Å²) in [4.78, 5) is 0. The van der Waals surface area contributed by atoms with Gasteiger partial charge >= 0.3 is 6.18 Å². The van der Waals surface area contributed by atoms with E-state index in [0.717, 1.165) is 25.7 Å². The zero-order chi connectivity index (χ0) is 11.8. The van der Waals surface area contributed by atoms with E-state index in [9.17, 15) is 13.2 Å². The second kappa shape index (κ2) is 4.18. The average molecular weight is 236 g/mol. The van der Waals surface area contributed by atoms with E-state index >= 15 is 0 Å². The van der Waals surface area contributed by atoms with Crippen LogP contribution in [0.2, 0.25) is 0 Å². The fourth-order valence-electron chi connectivity index (χ4n) is 2.67. The molecule has 94 valence electrons. The summed E-state index contributed by atoms with van der Waals surface area (Å²) < 4.78 is 38.4. The highest BCUT2D eigenvalue weighted by molar-refractivity contribution is 5.10. The van der Waals surface area contributed by atoms with Crippen LogP contribution in [0.3, 0.4) is 0 Å². The maximum atomic E-state index is 12.8. The van der Waals surface area contributed by atoms with Gasteiger partial charge in [-0.05, 0) is 38.1 Å². The molecule has 0 bridgehead atoms. The van der Waals surface area contributed by atoms with Gasteiger partial charge in [-0.15, -0.1) is 0 Å². The topological polar surface area (TPSA) is 38.0 Å². The van der Waals surface area contributed by atoms with Crippen LogP contribution in [0.5, 0.6) is 0 Å². The summed E-state index contributed by atoms with van der Waals surface area (Å²) in [6.07, 6.45) is 0.251. The SMILES string of the molecule is NCC1CCCCC1NC1(C(F)(F)F)CC1. The van der Waals surface area contributed by atoms with Gasteiger partial charge in [0.05, 0.1) is 0 Å². The molecule has 2 aliphatic rings. The van der Waals surface area contributed by atoms with Crippen molar-refractivity contribution in [2.45, 2.75) is 56.3 Å². The van der Waals surface area contributed by atoms with Crippen molar-refractivity contribution in [2.75, 3.05) is 6.54 Å². The van der Waals surface area contributed by atoms with E-state index in [4.69, 9.17) is 5.73 Å².